The lowest BCUT2D eigenvalue weighted by atomic mass is 9.90. The second-order valence-corrected chi connectivity index (χ2v) is 4.70. The molecule has 0 spiro atoms. The van der Waals surface area contributed by atoms with E-state index < -0.39 is 0 Å². The van der Waals surface area contributed by atoms with Gasteiger partial charge in [-0.15, -0.1) is 0 Å². The molecule has 0 aromatic heterocycles. The maximum absolute atomic E-state index is 9.98. The fourth-order valence-corrected chi connectivity index (χ4v) is 2.20. The van der Waals surface area contributed by atoms with Crippen LogP contribution in [0.3, 0.4) is 0 Å². The van der Waals surface area contributed by atoms with Crippen molar-refractivity contribution in [2.75, 3.05) is 0 Å². The molecule has 1 aromatic rings. The molecule has 16 heavy (non-hydrogen) atoms. The van der Waals surface area contributed by atoms with Crippen molar-refractivity contribution < 1.29 is 5.11 Å². The van der Waals surface area contributed by atoms with Crippen molar-refractivity contribution in [3.8, 4) is 0 Å². The lowest BCUT2D eigenvalue weighted by Gasteiger charge is -2.17. The van der Waals surface area contributed by atoms with Crippen LogP contribution in [0.1, 0.15) is 30.0 Å². The van der Waals surface area contributed by atoms with Gasteiger partial charge in [0.05, 0.1) is 0 Å². The molecule has 0 saturated heterocycles. The average molecular weight is 214 g/mol. The van der Waals surface area contributed by atoms with Gasteiger partial charge in [-0.25, -0.2) is 0 Å². The minimum Gasteiger partial charge on any atom is -0.508 e. The number of benzene rings is 1. The number of aryl methyl sites for hydroxylation is 2. The summed E-state index contributed by atoms with van der Waals surface area (Å²) in [6.07, 6.45) is 5.08. The Morgan fingerprint density at radius 2 is 2.00 bits per heavy atom. The normalized spacial score (nSPS) is 20.3. The average Bonchev–Trinajstić information content (AvgIpc) is 2.19. The smallest absolute Gasteiger partial charge is 0.119 e. The fraction of sp³-hybridized carbons (Fsp3) is 0.333. The predicted molar refractivity (Wildman–Crippen MR) is 68.4 cm³/mol. The Labute approximate surface area is 97.1 Å². The summed E-state index contributed by atoms with van der Waals surface area (Å²) in [6.45, 7) is 6.30. The van der Waals surface area contributed by atoms with E-state index in [1.54, 1.807) is 0 Å². The molecule has 0 bridgehead atoms. The molecule has 0 fully saturated rings. The summed E-state index contributed by atoms with van der Waals surface area (Å²) in [6, 6.07) is 6.34. The summed E-state index contributed by atoms with van der Waals surface area (Å²) in [5.41, 5.74) is 4.61. The van der Waals surface area contributed by atoms with Crippen LogP contribution in [0.5, 0.6) is 0 Å². The van der Waals surface area contributed by atoms with E-state index in [9.17, 15) is 5.11 Å². The number of hydrogen-bond acceptors (Lipinski definition) is 1. The van der Waals surface area contributed by atoms with E-state index in [0.29, 0.717) is 11.7 Å². The Kier molecular flexibility index (Phi) is 2.86. The van der Waals surface area contributed by atoms with Crippen molar-refractivity contribution in [2.45, 2.75) is 27.2 Å². The van der Waals surface area contributed by atoms with Crippen LogP contribution in [0.2, 0.25) is 0 Å². The summed E-state index contributed by atoms with van der Waals surface area (Å²) >= 11 is 0. The Hall–Kier alpha value is -1.50. The van der Waals surface area contributed by atoms with Crippen molar-refractivity contribution in [1.82, 2.24) is 0 Å². The molecule has 1 aliphatic carbocycles. The highest BCUT2D eigenvalue weighted by atomic mass is 16.3. The molecule has 84 valence electrons. The van der Waals surface area contributed by atoms with Crippen molar-refractivity contribution in [3.05, 3.63) is 52.8 Å². The van der Waals surface area contributed by atoms with E-state index in [1.165, 1.54) is 11.1 Å². The zero-order valence-electron chi connectivity index (χ0n) is 10.1. The predicted octanol–water partition coefficient (Wildman–Crippen LogP) is 4.17. The second-order valence-electron chi connectivity index (χ2n) is 4.70. The minimum absolute atomic E-state index is 0.422. The topological polar surface area (TPSA) is 20.2 Å². The van der Waals surface area contributed by atoms with Crippen LogP contribution < -0.4 is 0 Å². The first kappa shape index (κ1) is 11.0. The Balaban J connectivity index is 2.42. The van der Waals surface area contributed by atoms with Crippen molar-refractivity contribution in [1.29, 1.82) is 0 Å². The van der Waals surface area contributed by atoms with Crippen LogP contribution in [0.25, 0.3) is 5.57 Å². The lowest BCUT2D eigenvalue weighted by Crippen LogP contribution is -2.02. The second kappa shape index (κ2) is 4.17. The van der Waals surface area contributed by atoms with E-state index in [4.69, 9.17) is 0 Å². The fourth-order valence-electron chi connectivity index (χ4n) is 2.20. The van der Waals surface area contributed by atoms with Gasteiger partial charge in [0.1, 0.15) is 5.76 Å². The van der Waals surface area contributed by atoms with Gasteiger partial charge in [0.25, 0.3) is 0 Å². The van der Waals surface area contributed by atoms with Gasteiger partial charge in [-0.1, -0.05) is 36.8 Å². The number of aliphatic hydroxyl groups is 1. The van der Waals surface area contributed by atoms with Crippen LogP contribution in [-0.2, 0) is 0 Å². The first-order valence-corrected chi connectivity index (χ1v) is 5.77. The maximum Gasteiger partial charge on any atom is 0.119 e. The molecule has 0 saturated carbocycles. The van der Waals surface area contributed by atoms with Crippen LogP contribution in [0, 0.1) is 19.8 Å². The largest absolute Gasteiger partial charge is 0.508 e. The standard InChI is InChI=1S/C15H18O/c1-10-4-6-13(12(3)8-10)14-7-5-11(2)9-15(14)16/h4,6-9,11,16H,5H2,1-3H3. The highest BCUT2D eigenvalue weighted by Crippen LogP contribution is 2.30. The van der Waals surface area contributed by atoms with Crippen LogP contribution >= 0.6 is 0 Å². The highest BCUT2D eigenvalue weighted by molar-refractivity contribution is 5.79. The SMILES string of the molecule is Cc1ccc(C2=CCC(C)C=C2O)c(C)c1. The molecule has 1 aliphatic rings. The zero-order chi connectivity index (χ0) is 11.7. The number of hydrogen-bond donors (Lipinski definition) is 1. The zero-order valence-corrected chi connectivity index (χ0v) is 10.1. The third kappa shape index (κ3) is 2.04. The number of allylic oxidation sites excluding steroid dienone is 3. The van der Waals surface area contributed by atoms with Crippen LogP contribution in [-0.4, -0.2) is 5.11 Å². The Morgan fingerprint density at radius 3 is 2.62 bits per heavy atom. The molecule has 1 nitrogen and oxygen atoms in total. The van der Waals surface area contributed by atoms with Gasteiger partial charge in [0, 0.05) is 5.57 Å². The molecular weight excluding hydrogens is 196 g/mol. The van der Waals surface area contributed by atoms with Crippen LogP contribution in [0.15, 0.2) is 36.1 Å². The van der Waals surface area contributed by atoms with Gasteiger partial charge in [-0.2, -0.15) is 0 Å². The maximum atomic E-state index is 9.98. The monoisotopic (exact) mass is 214 g/mol. The summed E-state index contributed by atoms with van der Waals surface area (Å²) in [4.78, 5) is 0. The minimum atomic E-state index is 0.422. The van der Waals surface area contributed by atoms with Crippen molar-refractivity contribution in [2.24, 2.45) is 5.92 Å². The van der Waals surface area contributed by atoms with E-state index in [2.05, 4.69) is 45.0 Å². The summed E-state index contributed by atoms with van der Waals surface area (Å²) < 4.78 is 0. The molecule has 1 atom stereocenters. The molecule has 1 N–H and O–H groups in total. The molecule has 1 unspecified atom stereocenters. The van der Waals surface area contributed by atoms with E-state index in [-0.39, 0.29) is 0 Å². The van der Waals surface area contributed by atoms with Crippen LogP contribution in [0.4, 0.5) is 0 Å². The third-order valence-corrected chi connectivity index (χ3v) is 3.08. The molecule has 0 heterocycles. The van der Waals surface area contributed by atoms with Gasteiger partial charge in [0.15, 0.2) is 0 Å². The quantitative estimate of drug-likeness (QED) is 0.744. The summed E-state index contributed by atoms with van der Waals surface area (Å²) in [5.74, 6) is 0.861. The van der Waals surface area contributed by atoms with E-state index in [1.807, 2.05) is 6.08 Å². The van der Waals surface area contributed by atoms with Gasteiger partial charge < -0.3 is 5.11 Å². The van der Waals surface area contributed by atoms with Crippen molar-refractivity contribution in [3.63, 3.8) is 0 Å². The highest BCUT2D eigenvalue weighted by Gasteiger charge is 2.14. The van der Waals surface area contributed by atoms with Gasteiger partial charge >= 0.3 is 0 Å². The third-order valence-electron chi connectivity index (χ3n) is 3.08. The molecule has 2 rings (SSSR count). The molecule has 0 radical (unpaired) electrons. The van der Waals surface area contributed by atoms with E-state index >= 15 is 0 Å². The van der Waals surface area contributed by atoms with Crippen molar-refractivity contribution >= 4 is 5.57 Å². The number of rotatable bonds is 1. The molecular formula is C15H18O. The summed E-state index contributed by atoms with van der Waals surface area (Å²) in [7, 11) is 0. The Morgan fingerprint density at radius 1 is 1.25 bits per heavy atom. The van der Waals surface area contributed by atoms with Gasteiger partial charge in [0.2, 0.25) is 0 Å². The van der Waals surface area contributed by atoms with Gasteiger partial charge in [-0.05, 0) is 43.4 Å². The first-order valence-electron chi connectivity index (χ1n) is 5.77. The van der Waals surface area contributed by atoms with E-state index in [0.717, 1.165) is 17.6 Å². The lowest BCUT2D eigenvalue weighted by molar-refractivity contribution is 0.425. The molecule has 0 amide bonds. The van der Waals surface area contributed by atoms with Gasteiger partial charge in [-0.3, -0.25) is 0 Å². The number of aliphatic hydroxyl groups excluding tert-OH is 1. The molecule has 1 heteroatoms. The first-order chi connectivity index (χ1) is 7.58. The molecule has 0 aliphatic heterocycles. The Bertz CT molecular complexity index is 466. The molecule has 1 aromatic carbocycles. The summed E-state index contributed by atoms with van der Waals surface area (Å²) in [5, 5.41) is 9.98.